The van der Waals surface area contributed by atoms with Gasteiger partial charge in [-0.2, -0.15) is 0 Å². The number of imidazole rings is 1. The predicted octanol–water partition coefficient (Wildman–Crippen LogP) is 5.55. The summed E-state index contributed by atoms with van der Waals surface area (Å²) in [6.07, 6.45) is 1.87. The average Bonchev–Trinajstić information content (AvgIpc) is 3.33. The quantitative estimate of drug-likeness (QED) is 0.249. The third-order valence-corrected chi connectivity index (χ3v) is 8.79. The van der Waals surface area contributed by atoms with Gasteiger partial charge in [0.05, 0.1) is 36.2 Å². The Labute approximate surface area is 272 Å². The van der Waals surface area contributed by atoms with Crippen molar-refractivity contribution in [2.24, 2.45) is 0 Å². The van der Waals surface area contributed by atoms with Gasteiger partial charge in [-0.05, 0) is 65.3 Å². The fourth-order valence-electron chi connectivity index (χ4n) is 4.63. The van der Waals surface area contributed by atoms with E-state index in [2.05, 4.69) is 31.5 Å². The molecule has 0 aliphatic carbocycles. The number of halogens is 3. The molecule has 14 heteroatoms. The topological polar surface area (TPSA) is 118 Å². The highest BCUT2D eigenvalue weighted by molar-refractivity contribution is 9.10. The van der Waals surface area contributed by atoms with Crippen LogP contribution in [-0.4, -0.2) is 72.0 Å². The molecule has 0 unspecified atom stereocenters. The van der Waals surface area contributed by atoms with Crippen LogP contribution in [0.15, 0.2) is 59.3 Å². The number of carbonyl (C=O) groups is 3. The number of pyridine rings is 1. The van der Waals surface area contributed by atoms with Crippen molar-refractivity contribution < 1.29 is 23.9 Å². The molecular weight excluding hydrogens is 675 g/mol. The van der Waals surface area contributed by atoms with E-state index in [0.29, 0.717) is 65.2 Å². The fraction of sp³-hybridized carbons (Fsp3) is 0.267. The molecule has 3 heterocycles. The third kappa shape index (κ3) is 6.94. The van der Waals surface area contributed by atoms with Gasteiger partial charge in [0.25, 0.3) is 5.91 Å². The molecule has 1 saturated heterocycles. The number of benzene rings is 2. The van der Waals surface area contributed by atoms with Gasteiger partial charge in [-0.1, -0.05) is 29.3 Å². The van der Waals surface area contributed by atoms with E-state index in [-0.39, 0.29) is 24.1 Å². The lowest BCUT2D eigenvalue weighted by Gasteiger charge is -2.27. The first-order valence-corrected chi connectivity index (χ1v) is 15.2. The van der Waals surface area contributed by atoms with Gasteiger partial charge < -0.3 is 29.9 Å². The number of rotatable bonds is 8. The molecule has 0 atom stereocenters. The van der Waals surface area contributed by atoms with Gasteiger partial charge in [-0.25, -0.2) is 9.78 Å². The van der Waals surface area contributed by atoms with Gasteiger partial charge in [-0.3, -0.25) is 14.0 Å². The summed E-state index contributed by atoms with van der Waals surface area (Å²) in [6, 6.07) is 12.9. The van der Waals surface area contributed by atoms with Crippen LogP contribution in [0.4, 0.5) is 16.2 Å². The molecule has 1 aliphatic heterocycles. The van der Waals surface area contributed by atoms with Gasteiger partial charge in [-0.15, -0.1) is 0 Å². The Morgan fingerprint density at radius 1 is 1.11 bits per heavy atom. The van der Waals surface area contributed by atoms with Gasteiger partial charge in [0.1, 0.15) is 11.2 Å². The number of nitrogens with one attached hydrogen (secondary N) is 2. The van der Waals surface area contributed by atoms with Crippen LogP contribution in [0.25, 0.3) is 5.65 Å². The van der Waals surface area contributed by atoms with E-state index in [0.717, 1.165) is 10.3 Å². The van der Waals surface area contributed by atoms with E-state index in [4.69, 9.17) is 32.7 Å². The second kappa shape index (κ2) is 13.9. The second-order valence-electron chi connectivity index (χ2n) is 9.95. The van der Waals surface area contributed by atoms with E-state index in [1.54, 1.807) is 54.4 Å². The number of morpholine rings is 1. The molecule has 1 fully saturated rings. The van der Waals surface area contributed by atoms with Crippen LogP contribution in [0.5, 0.6) is 5.75 Å². The van der Waals surface area contributed by atoms with Crippen molar-refractivity contribution in [2.75, 3.05) is 50.1 Å². The largest absolute Gasteiger partial charge is 0.485 e. The summed E-state index contributed by atoms with van der Waals surface area (Å²) < 4.78 is 14.0. The molecule has 5 rings (SSSR count). The van der Waals surface area contributed by atoms with Gasteiger partial charge in [0.15, 0.2) is 11.4 Å². The molecule has 1 aliphatic rings. The Hall–Kier alpha value is -3.84. The smallest absolute Gasteiger partial charge is 0.319 e. The lowest BCUT2D eigenvalue weighted by atomic mass is 10.1. The van der Waals surface area contributed by atoms with Gasteiger partial charge in [0.2, 0.25) is 5.91 Å². The minimum atomic E-state index is -0.603. The van der Waals surface area contributed by atoms with Gasteiger partial charge >= 0.3 is 6.03 Å². The SMILES string of the molecule is Cc1nc2c(OCc3c(Cl)ccc(N(C)C(=O)CNC(=O)Nc4cccc(C(=O)N5CCOCC5)c4)c3Cl)cccn2c1Br. The zero-order valence-corrected chi connectivity index (χ0v) is 27.0. The molecule has 0 radical (unpaired) electrons. The van der Waals surface area contributed by atoms with Crippen molar-refractivity contribution in [2.45, 2.75) is 13.5 Å². The van der Waals surface area contributed by atoms with Crippen molar-refractivity contribution in [3.63, 3.8) is 0 Å². The number of hydrogen-bond acceptors (Lipinski definition) is 6. The number of carbonyl (C=O) groups excluding carboxylic acids is 3. The number of urea groups is 1. The summed E-state index contributed by atoms with van der Waals surface area (Å²) in [5.74, 6) is -0.0232. The zero-order chi connectivity index (χ0) is 31.4. The van der Waals surface area contributed by atoms with Crippen molar-refractivity contribution in [1.29, 1.82) is 0 Å². The minimum absolute atomic E-state index is 0.0322. The number of hydrogen-bond donors (Lipinski definition) is 2. The van der Waals surface area contributed by atoms with E-state index >= 15 is 0 Å². The molecule has 4 amide bonds. The Morgan fingerprint density at radius 3 is 2.66 bits per heavy atom. The summed E-state index contributed by atoms with van der Waals surface area (Å²) in [5, 5.41) is 5.83. The Morgan fingerprint density at radius 2 is 1.89 bits per heavy atom. The molecular formula is C30H29BrCl2N6O5. The van der Waals surface area contributed by atoms with Crippen LogP contribution >= 0.6 is 39.1 Å². The number of fused-ring (bicyclic) bond motifs is 1. The van der Waals surface area contributed by atoms with Crippen LogP contribution < -0.4 is 20.3 Å². The van der Waals surface area contributed by atoms with Gasteiger partial charge in [0, 0.05) is 48.2 Å². The van der Waals surface area contributed by atoms with Crippen molar-refractivity contribution >= 4 is 74.0 Å². The molecule has 230 valence electrons. The van der Waals surface area contributed by atoms with E-state index in [1.165, 1.54) is 4.90 Å². The van der Waals surface area contributed by atoms with Crippen molar-refractivity contribution in [3.8, 4) is 5.75 Å². The lowest BCUT2D eigenvalue weighted by Crippen LogP contribution is -2.41. The lowest BCUT2D eigenvalue weighted by molar-refractivity contribution is -0.117. The van der Waals surface area contributed by atoms with Crippen LogP contribution in [0, 0.1) is 6.92 Å². The zero-order valence-electron chi connectivity index (χ0n) is 23.9. The van der Waals surface area contributed by atoms with Crippen LogP contribution in [0.1, 0.15) is 21.6 Å². The molecule has 4 aromatic rings. The molecule has 44 heavy (non-hydrogen) atoms. The van der Waals surface area contributed by atoms with Crippen molar-refractivity contribution in [3.05, 3.63) is 86.2 Å². The maximum absolute atomic E-state index is 13.0. The number of aryl methyl sites for hydroxylation is 1. The summed E-state index contributed by atoms with van der Waals surface area (Å²) in [5.41, 5.74) is 3.20. The molecule has 0 spiro atoms. The predicted molar refractivity (Wildman–Crippen MR) is 172 cm³/mol. The molecule has 2 aromatic heterocycles. The maximum atomic E-state index is 13.0. The number of likely N-dealkylation sites (N-methyl/N-ethyl adjacent to an activating group) is 1. The fourth-order valence-corrected chi connectivity index (χ4v) is 5.61. The van der Waals surface area contributed by atoms with Crippen LogP contribution in [-0.2, 0) is 16.1 Å². The normalized spacial score (nSPS) is 13.1. The molecule has 0 bridgehead atoms. The van der Waals surface area contributed by atoms with Crippen LogP contribution in [0.2, 0.25) is 10.0 Å². The minimum Gasteiger partial charge on any atom is -0.485 e. The highest BCUT2D eigenvalue weighted by atomic mass is 79.9. The Balaban J connectivity index is 1.20. The summed E-state index contributed by atoms with van der Waals surface area (Å²) in [7, 11) is 1.55. The molecule has 2 aromatic carbocycles. The first-order valence-electron chi connectivity index (χ1n) is 13.7. The Kier molecular flexibility index (Phi) is 9.94. The number of aromatic nitrogens is 2. The first kappa shape index (κ1) is 31.6. The summed E-state index contributed by atoms with van der Waals surface area (Å²) in [4.78, 5) is 46.0. The van der Waals surface area contributed by atoms with Crippen LogP contribution in [0.3, 0.4) is 0 Å². The first-order chi connectivity index (χ1) is 21.1. The van der Waals surface area contributed by atoms with E-state index < -0.39 is 11.9 Å². The summed E-state index contributed by atoms with van der Waals surface area (Å²) >= 11 is 16.7. The number of amides is 4. The molecule has 2 N–H and O–H groups in total. The Bertz CT molecular complexity index is 1730. The molecule has 11 nitrogen and oxygen atoms in total. The summed E-state index contributed by atoms with van der Waals surface area (Å²) in [6.45, 7) is 3.62. The average molecular weight is 704 g/mol. The highest BCUT2D eigenvalue weighted by Gasteiger charge is 2.21. The van der Waals surface area contributed by atoms with E-state index in [1.807, 2.05) is 23.6 Å². The van der Waals surface area contributed by atoms with Crippen molar-refractivity contribution in [1.82, 2.24) is 19.6 Å². The number of anilines is 2. The standard InChI is InChI=1S/C30H29BrCl2N6O5/c1-18-27(31)39-10-4-7-24(28(39)35-18)44-17-21-22(32)8-9-23(26(21)33)37(2)25(40)16-34-30(42)36-20-6-3-5-19(15-20)29(41)38-11-13-43-14-12-38/h3-10,15H,11-14,16-17H2,1-2H3,(H2,34,36,42). The third-order valence-electron chi connectivity index (χ3n) is 7.05. The second-order valence-corrected chi connectivity index (χ2v) is 11.5. The maximum Gasteiger partial charge on any atom is 0.319 e. The number of nitrogens with zero attached hydrogens (tertiary/aromatic N) is 4. The molecule has 0 saturated carbocycles. The highest BCUT2D eigenvalue weighted by Crippen LogP contribution is 2.35. The number of ether oxygens (including phenoxy) is 2. The monoisotopic (exact) mass is 702 g/mol. The van der Waals surface area contributed by atoms with E-state index in [9.17, 15) is 14.4 Å².